The fraction of sp³-hybridized carbons (Fsp3) is 0.200. The molecule has 0 unspecified atom stereocenters. The summed E-state index contributed by atoms with van der Waals surface area (Å²) in [6.07, 6.45) is 3.90. The average molecular weight is 399 g/mol. The molecule has 0 fully saturated rings. The third-order valence-corrected chi connectivity index (χ3v) is 5.15. The Bertz CT molecular complexity index is 1150. The van der Waals surface area contributed by atoms with Crippen LogP contribution in [0.15, 0.2) is 67.0 Å². The second kappa shape index (κ2) is 8.82. The molecular formula is C25H25N3O2. The molecule has 0 spiro atoms. The molecule has 0 aliphatic rings. The number of benzene rings is 2. The number of aromatic amines is 1. The lowest BCUT2D eigenvalue weighted by molar-refractivity contribution is -0.120. The van der Waals surface area contributed by atoms with E-state index >= 15 is 0 Å². The highest BCUT2D eigenvalue weighted by Crippen LogP contribution is 2.24. The van der Waals surface area contributed by atoms with Crippen LogP contribution in [0.2, 0.25) is 0 Å². The van der Waals surface area contributed by atoms with Gasteiger partial charge in [0, 0.05) is 41.1 Å². The van der Waals surface area contributed by atoms with Gasteiger partial charge in [-0.15, -0.1) is 0 Å². The van der Waals surface area contributed by atoms with Crippen molar-refractivity contribution in [3.05, 3.63) is 94.9 Å². The maximum absolute atomic E-state index is 12.5. The van der Waals surface area contributed by atoms with Gasteiger partial charge in [-0.2, -0.15) is 0 Å². The number of carbonyl (C=O) groups excluding carboxylic acids is 1. The van der Waals surface area contributed by atoms with Gasteiger partial charge in [-0.1, -0.05) is 29.8 Å². The fourth-order valence-corrected chi connectivity index (χ4v) is 3.50. The first-order valence-electron chi connectivity index (χ1n) is 10.0. The third kappa shape index (κ3) is 4.69. The van der Waals surface area contributed by atoms with E-state index in [9.17, 15) is 4.79 Å². The van der Waals surface area contributed by atoms with Crippen molar-refractivity contribution in [3.63, 3.8) is 0 Å². The second-order valence-corrected chi connectivity index (χ2v) is 7.52. The van der Waals surface area contributed by atoms with Crippen LogP contribution in [0.1, 0.15) is 27.9 Å². The van der Waals surface area contributed by atoms with E-state index in [0.29, 0.717) is 19.6 Å². The number of ether oxygens (including phenoxy) is 1. The van der Waals surface area contributed by atoms with E-state index in [1.165, 1.54) is 5.56 Å². The Kier molecular flexibility index (Phi) is 5.80. The number of rotatable bonds is 7. The lowest BCUT2D eigenvalue weighted by Gasteiger charge is -2.09. The van der Waals surface area contributed by atoms with Crippen LogP contribution in [0, 0.1) is 13.8 Å². The molecule has 0 aliphatic carbocycles. The molecule has 1 amide bonds. The second-order valence-electron chi connectivity index (χ2n) is 7.52. The minimum absolute atomic E-state index is 0.0115. The van der Waals surface area contributed by atoms with E-state index in [1.807, 2.05) is 43.3 Å². The van der Waals surface area contributed by atoms with Gasteiger partial charge in [-0.05, 0) is 55.3 Å². The number of carbonyl (C=O) groups is 1. The van der Waals surface area contributed by atoms with Gasteiger partial charge in [0.1, 0.15) is 12.4 Å². The van der Waals surface area contributed by atoms with Crippen molar-refractivity contribution in [2.24, 2.45) is 0 Å². The van der Waals surface area contributed by atoms with Crippen LogP contribution < -0.4 is 10.1 Å². The van der Waals surface area contributed by atoms with Gasteiger partial charge in [0.05, 0.1) is 6.42 Å². The molecule has 0 aliphatic heterocycles. The molecular weight excluding hydrogens is 374 g/mol. The lowest BCUT2D eigenvalue weighted by Crippen LogP contribution is -2.24. The minimum atomic E-state index is 0.0115. The standard InChI is InChI=1S/C25H25N3O2/c1-17-5-10-24-23(12-17)22(18(2)28-24)13-25(29)27-15-19-6-8-21(9-7-19)30-16-20-4-3-11-26-14-20/h3-12,14,28H,13,15-16H2,1-2H3,(H,27,29). The summed E-state index contributed by atoms with van der Waals surface area (Å²) in [6.45, 7) is 5.05. The van der Waals surface area contributed by atoms with E-state index in [-0.39, 0.29) is 5.91 Å². The van der Waals surface area contributed by atoms with Gasteiger partial charge in [0.15, 0.2) is 0 Å². The molecule has 4 rings (SSSR count). The van der Waals surface area contributed by atoms with Crippen LogP contribution in [-0.4, -0.2) is 15.9 Å². The molecule has 0 bridgehead atoms. The largest absolute Gasteiger partial charge is 0.489 e. The van der Waals surface area contributed by atoms with Crippen molar-refractivity contribution in [1.82, 2.24) is 15.3 Å². The van der Waals surface area contributed by atoms with Crippen LogP contribution in [0.25, 0.3) is 10.9 Å². The number of hydrogen-bond donors (Lipinski definition) is 2. The molecule has 2 N–H and O–H groups in total. The van der Waals surface area contributed by atoms with Gasteiger partial charge in [-0.25, -0.2) is 0 Å². The number of fused-ring (bicyclic) bond motifs is 1. The first-order chi connectivity index (χ1) is 14.6. The summed E-state index contributed by atoms with van der Waals surface area (Å²) in [5.41, 5.74) is 6.42. The predicted molar refractivity (Wildman–Crippen MR) is 118 cm³/mol. The summed E-state index contributed by atoms with van der Waals surface area (Å²) in [7, 11) is 0. The molecule has 0 radical (unpaired) electrons. The topological polar surface area (TPSA) is 67.0 Å². The summed E-state index contributed by atoms with van der Waals surface area (Å²) in [6, 6.07) is 17.9. The SMILES string of the molecule is Cc1ccc2[nH]c(C)c(CC(=O)NCc3ccc(OCc4cccnc4)cc3)c2c1. The average Bonchev–Trinajstić information content (AvgIpc) is 3.06. The molecule has 4 aromatic rings. The summed E-state index contributed by atoms with van der Waals surface area (Å²) in [4.78, 5) is 20.0. The lowest BCUT2D eigenvalue weighted by atomic mass is 10.1. The third-order valence-electron chi connectivity index (χ3n) is 5.15. The monoisotopic (exact) mass is 399 g/mol. The summed E-state index contributed by atoms with van der Waals surface area (Å²) < 4.78 is 5.78. The normalized spacial score (nSPS) is 10.9. The Hall–Kier alpha value is -3.60. The van der Waals surface area contributed by atoms with Crippen LogP contribution >= 0.6 is 0 Å². The molecule has 5 heteroatoms. The summed E-state index contributed by atoms with van der Waals surface area (Å²) in [5.74, 6) is 0.802. The maximum atomic E-state index is 12.5. The Morgan fingerprint density at radius 1 is 1.07 bits per heavy atom. The van der Waals surface area contributed by atoms with Crippen LogP contribution in [0.4, 0.5) is 0 Å². The van der Waals surface area contributed by atoms with Crippen molar-refractivity contribution < 1.29 is 9.53 Å². The van der Waals surface area contributed by atoms with E-state index < -0.39 is 0 Å². The molecule has 0 atom stereocenters. The molecule has 2 aromatic carbocycles. The molecule has 0 saturated heterocycles. The van der Waals surface area contributed by atoms with Crippen molar-refractivity contribution in [2.45, 2.75) is 33.4 Å². The molecule has 30 heavy (non-hydrogen) atoms. The smallest absolute Gasteiger partial charge is 0.224 e. The minimum Gasteiger partial charge on any atom is -0.489 e. The van der Waals surface area contributed by atoms with Crippen LogP contribution in [0.3, 0.4) is 0 Å². The Labute approximate surface area is 176 Å². The Morgan fingerprint density at radius 3 is 2.67 bits per heavy atom. The Morgan fingerprint density at radius 2 is 1.90 bits per heavy atom. The van der Waals surface area contributed by atoms with Gasteiger partial charge < -0.3 is 15.0 Å². The predicted octanol–water partition coefficient (Wildman–Crippen LogP) is 4.62. The van der Waals surface area contributed by atoms with Crippen molar-refractivity contribution in [3.8, 4) is 5.75 Å². The van der Waals surface area contributed by atoms with Crippen molar-refractivity contribution in [1.29, 1.82) is 0 Å². The summed E-state index contributed by atoms with van der Waals surface area (Å²) >= 11 is 0. The van der Waals surface area contributed by atoms with Crippen molar-refractivity contribution in [2.75, 3.05) is 0 Å². The van der Waals surface area contributed by atoms with Crippen LogP contribution in [0.5, 0.6) is 5.75 Å². The van der Waals surface area contributed by atoms with E-state index in [2.05, 4.69) is 40.4 Å². The molecule has 2 aromatic heterocycles. The fourth-order valence-electron chi connectivity index (χ4n) is 3.50. The van der Waals surface area contributed by atoms with Crippen LogP contribution in [-0.2, 0) is 24.4 Å². The maximum Gasteiger partial charge on any atom is 0.224 e. The number of hydrogen-bond acceptors (Lipinski definition) is 3. The highest BCUT2D eigenvalue weighted by atomic mass is 16.5. The number of nitrogens with one attached hydrogen (secondary N) is 2. The zero-order valence-corrected chi connectivity index (χ0v) is 17.2. The molecule has 2 heterocycles. The zero-order valence-electron chi connectivity index (χ0n) is 17.2. The highest BCUT2D eigenvalue weighted by molar-refractivity contribution is 5.90. The van der Waals surface area contributed by atoms with E-state index in [4.69, 9.17) is 4.74 Å². The van der Waals surface area contributed by atoms with Gasteiger partial charge in [0.25, 0.3) is 0 Å². The van der Waals surface area contributed by atoms with Gasteiger partial charge in [0.2, 0.25) is 5.91 Å². The van der Waals surface area contributed by atoms with Gasteiger partial charge >= 0.3 is 0 Å². The number of amides is 1. The number of aromatic nitrogens is 2. The molecule has 0 saturated carbocycles. The quantitative estimate of drug-likeness (QED) is 0.477. The first kappa shape index (κ1) is 19.7. The van der Waals surface area contributed by atoms with Crippen molar-refractivity contribution >= 4 is 16.8 Å². The Balaban J connectivity index is 1.32. The summed E-state index contributed by atoms with van der Waals surface area (Å²) in [5, 5.41) is 4.14. The highest BCUT2D eigenvalue weighted by Gasteiger charge is 2.12. The number of pyridine rings is 1. The van der Waals surface area contributed by atoms with Gasteiger partial charge in [-0.3, -0.25) is 9.78 Å². The first-order valence-corrected chi connectivity index (χ1v) is 10.0. The molecule has 5 nitrogen and oxygen atoms in total. The number of H-pyrrole nitrogens is 1. The number of aryl methyl sites for hydroxylation is 2. The zero-order chi connectivity index (χ0) is 20.9. The molecule has 152 valence electrons. The number of nitrogens with zero attached hydrogens (tertiary/aromatic N) is 1. The van der Waals surface area contributed by atoms with E-state index in [1.54, 1.807) is 12.4 Å². The van der Waals surface area contributed by atoms with E-state index in [0.717, 1.165) is 39.0 Å².